The molecule has 2 aliphatic heterocycles. The Morgan fingerprint density at radius 3 is 2.26 bits per heavy atom. The Kier molecular flexibility index (Phi) is 15.1. The van der Waals surface area contributed by atoms with Crippen LogP contribution >= 0.6 is 23.2 Å². The van der Waals surface area contributed by atoms with Gasteiger partial charge in [0.05, 0.1) is 40.8 Å². The number of ketones is 1. The van der Waals surface area contributed by atoms with Gasteiger partial charge in [-0.3, -0.25) is 14.6 Å². The first kappa shape index (κ1) is 45.5. The Bertz CT molecular complexity index is 1780. The third kappa shape index (κ3) is 9.90. The molecule has 0 spiro atoms. The van der Waals surface area contributed by atoms with Crippen LogP contribution in [0.4, 0.5) is 10.5 Å². The number of carbonyl (C=O) groups excluding carboxylic acids is 3. The summed E-state index contributed by atoms with van der Waals surface area (Å²) in [6, 6.07) is 5.11. The summed E-state index contributed by atoms with van der Waals surface area (Å²) in [5, 5.41) is 0.871. The van der Waals surface area contributed by atoms with Gasteiger partial charge in [0.15, 0.2) is 17.1 Å². The van der Waals surface area contributed by atoms with Gasteiger partial charge in [0.1, 0.15) is 11.9 Å². The summed E-state index contributed by atoms with van der Waals surface area (Å²) in [6.07, 6.45) is 8.00. The van der Waals surface area contributed by atoms with Gasteiger partial charge in [-0.25, -0.2) is 4.79 Å². The number of methoxy groups -OCH3 is 2. The minimum atomic E-state index is -1.32. The number of ether oxygens (including phenoxy) is 5. The van der Waals surface area contributed by atoms with Crippen LogP contribution in [0.25, 0.3) is 0 Å². The van der Waals surface area contributed by atoms with Crippen LogP contribution in [0.15, 0.2) is 42.7 Å². The summed E-state index contributed by atoms with van der Waals surface area (Å²) in [5.74, 6) is -0.897. The maximum Gasteiger partial charge on any atom is 0.410 e. The molecule has 58 heavy (non-hydrogen) atoms. The van der Waals surface area contributed by atoms with Crippen molar-refractivity contribution in [2.75, 3.05) is 32.2 Å². The second-order valence-electron chi connectivity index (χ2n) is 17.1. The Hall–Kier alpha value is -3.54. The molecule has 2 aromatic rings. The molecule has 0 bridgehead atoms. The number of rotatable bonds is 12. The van der Waals surface area contributed by atoms with Gasteiger partial charge in [0.2, 0.25) is 0 Å². The lowest BCUT2D eigenvalue weighted by molar-refractivity contribution is -0.168. The zero-order chi connectivity index (χ0) is 42.5. The molecule has 1 aliphatic carbocycles. The first-order valence-corrected chi connectivity index (χ1v) is 21.6. The highest BCUT2D eigenvalue weighted by Crippen LogP contribution is 2.43. The van der Waals surface area contributed by atoms with Gasteiger partial charge in [-0.05, 0) is 90.2 Å². The number of Topliss-reactive ketones (excluding diaryl/α,β-unsaturated/α-hetero) is 1. The molecule has 3 aliphatic rings. The predicted molar refractivity (Wildman–Crippen MR) is 227 cm³/mol. The molecule has 0 N–H and O–H groups in total. The molecule has 3 heterocycles. The fraction of sp³-hybridized carbons (Fsp3) is 0.644. The minimum absolute atomic E-state index is 0.0162. The summed E-state index contributed by atoms with van der Waals surface area (Å²) >= 11 is 13.3. The van der Waals surface area contributed by atoms with E-state index in [4.69, 9.17) is 46.9 Å². The fourth-order valence-electron chi connectivity index (χ4n) is 9.44. The van der Waals surface area contributed by atoms with E-state index in [1.807, 2.05) is 52.8 Å². The van der Waals surface area contributed by atoms with E-state index in [-0.39, 0.29) is 24.3 Å². The number of amides is 1. The summed E-state index contributed by atoms with van der Waals surface area (Å²) in [5.41, 5.74) is 0.313. The second-order valence-corrected chi connectivity index (χ2v) is 17.9. The van der Waals surface area contributed by atoms with Crippen molar-refractivity contribution in [3.05, 3.63) is 58.4 Å². The number of halogens is 2. The van der Waals surface area contributed by atoms with Gasteiger partial charge in [0.25, 0.3) is 0 Å². The number of benzene rings is 1. The molecule has 5 rings (SSSR count). The highest BCUT2D eigenvalue weighted by Gasteiger charge is 2.59. The van der Waals surface area contributed by atoms with Crippen molar-refractivity contribution in [1.82, 2.24) is 9.88 Å². The molecule has 1 aromatic heterocycles. The number of anilines is 1. The van der Waals surface area contributed by atoms with Crippen LogP contribution in [0.1, 0.15) is 105 Å². The first-order chi connectivity index (χ1) is 27.5. The molecule has 0 unspecified atom stereocenters. The standard InChI is InChI=1S/C45H63Cl2N3O8/c1-11-39-45(8)41(31(6)40(51)28(3)23-44(7,55-10)22-27(2)29(4)30(5)42(52)57-39)50(43(53)58-45)20-14-19-49(26-34-35(46)24-48-25-36(34)47)32-17-18-37(54-9)38(21-32)56-33-15-12-13-16-33/h17-18,21,24-25,27-28,30-31,33,39,41H,4,11-16,19-20,22-23,26H2,1-3,5-10H3/t27-,28-,30-,31+,39-,41-,44+,45-/m1/s1. The maximum absolute atomic E-state index is 14.5. The molecule has 3 fully saturated rings. The normalized spacial score (nSPS) is 30.1. The summed E-state index contributed by atoms with van der Waals surface area (Å²) in [7, 11) is 3.28. The van der Waals surface area contributed by atoms with Gasteiger partial charge in [-0.1, -0.05) is 63.0 Å². The molecule has 1 aromatic carbocycles. The molecule has 11 nitrogen and oxygen atoms in total. The van der Waals surface area contributed by atoms with Crippen molar-refractivity contribution in [1.29, 1.82) is 0 Å². The van der Waals surface area contributed by atoms with Gasteiger partial charge >= 0.3 is 12.1 Å². The quantitative estimate of drug-likeness (QED) is 0.151. The number of carbonyl (C=O) groups is 3. The highest BCUT2D eigenvalue weighted by molar-refractivity contribution is 6.35. The van der Waals surface area contributed by atoms with E-state index in [9.17, 15) is 14.4 Å². The van der Waals surface area contributed by atoms with Crippen LogP contribution in [-0.4, -0.2) is 84.5 Å². The van der Waals surface area contributed by atoms with Crippen LogP contribution in [0.2, 0.25) is 10.0 Å². The zero-order valence-electron chi connectivity index (χ0n) is 35.8. The molecular weight excluding hydrogens is 781 g/mol. The second kappa shape index (κ2) is 19.2. The van der Waals surface area contributed by atoms with E-state index in [2.05, 4.69) is 16.5 Å². The number of pyridine rings is 1. The lowest BCUT2D eigenvalue weighted by Crippen LogP contribution is -2.58. The number of aromatic nitrogens is 1. The zero-order valence-corrected chi connectivity index (χ0v) is 37.3. The summed E-state index contributed by atoms with van der Waals surface area (Å²) in [6.45, 7) is 18.7. The van der Waals surface area contributed by atoms with Crippen molar-refractivity contribution in [2.24, 2.45) is 23.7 Å². The van der Waals surface area contributed by atoms with Crippen molar-refractivity contribution >= 4 is 46.7 Å². The van der Waals surface area contributed by atoms with Gasteiger partial charge < -0.3 is 33.5 Å². The van der Waals surface area contributed by atoms with Crippen molar-refractivity contribution in [3.63, 3.8) is 0 Å². The van der Waals surface area contributed by atoms with E-state index >= 15 is 0 Å². The topological polar surface area (TPSA) is 117 Å². The largest absolute Gasteiger partial charge is 0.493 e. The van der Waals surface area contributed by atoms with E-state index in [0.717, 1.165) is 36.9 Å². The molecule has 0 radical (unpaired) electrons. The van der Waals surface area contributed by atoms with E-state index in [0.29, 0.717) is 65.9 Å². The Morgan fingerprint density at radius 2 is 1.64 bits per heavy atom. The predicted octanol–water partition coefficient (Wildman–Crippen LogP) is 9.88. The molecular formula is C45H63Cl2N3O8. The van der Waals surface area contributed by atoms with Crippen LogP contribution < -0.4 is 14.4 Å². The molecule has 1 amide bonds. The SMILES string of the molecule is C=C1[C@@H](C)C(=O)O[C@H](CC)[C@@]2(C)OC(=O)N(CCCN(Cc3c(Cl)cncc3Cl)c3ccc(OC)c(OC4CCCC4)c3)[C@@H]2[C@@H](C)C(=O)[C@H](C)C[C@@](C)(OC)C[C@H]1C. The lowest BCUT2D eigenvalue weighted by Gasteiger charge is -2.42. The molecule has 2 saturated heterocycles. The number of esters is 1. The first-order valence-electron chi connectivity index (χ1n) is 20.8. The van der Waals surface area contributed by atoms with Gasteiger partial charge in [-0.2, -0.15) is 0 Å². The lowest BCUT2D eigenvalue weighted by atomic mass is 9.74. The van der Waals surface area contributed by atoms with E-state index in [1.165, 1.54) is 0 Å². The summed E-state index contributed by atoms with van der Waals surface area (Å²) in [4.78, 5) is 50.4. The van der Waals surface area contributed by atoms with E-state index < -0.39 is 53.2 Å². The van der Waals surface area contributed by atoms with E-state index in [1.54, 1.807) is 45.4 Å². The van der Waals surface area contributed by atoms with Gasteiger partial charge in [-0.15, -0.1) is 0 Å². The van der Waals surface area contributed by atoms with Crippen molar-refractivity contribution in [2.45, 2.75) is 136 Å². The van der Waals surface area contributed by atoms with Crippen LogP contribution in [-0.2, 0) is 30.3 Å². The highest BCUT2D eigenvalue weighted by atomic mass is 35.5. The smallest absolute Gasteiger partial charge is 0.410 e. The number of nitrogens with zero attached hydrogens (tertiary/aromatic N) is 3. The van der Waals surface area contributed by atoms with Crippen LogP contribution in [0.3, 0.4) is 0 Å². The molecule has 1 saturated carbocycles. The Morgan fingerprint density at radius 1 is 0.983 bits per heavy atom. The number of hydrogen-bond acceptors (Lipinski definition) is 10. The molecule has 320 valence electrons. The number of hydrogen-bond donors (Lipinski definition) is 0. The Labute approximate surface area is 355 Å². The minimum Gasteiger partial charge on any atom is -0.493 e. The third-order valence-corrected chi connectivity index (χ3v) is 13.5. The third-order valence-electron chi connectivity index (χ3n) is 12.9. The monoisotopic (exact) mass is 843 g/mol. The average Bonchev–Trinajstić information content (AvgIpc) is 3.80. The van der Waals surface area contributed by atoms with Gasteiger partial charge in [0, 0.05) is 68.3 Å². The molecule has 13 heteroatoms. The molecule has 8 atom stereocenters. The van der Waals surface area contributed by atoms with Crippen molar-refractivity contribution < 1.29 is 38.1 Å². The Balaban J connectivity index is 1.48. The average molecular weight is 845 g/mol. The number of cyclic esters (lactones) is 1. The van der Waals surface area contributed by atoms with Crippen molar-refractivity contribution in [3.8, 4) is 11.5 Å². The fourth-order valence-corrected chi connectivity index (χ4v) is 9.93. The summed E-state index contributed by atoms with van der Waals surface area (Å²) < 4.78 is 30.7. The van der Waals surface area contributed by atoms with Crippen LogP contribution in [0, 0.1) is 23.7 Å². The van der Waals surface area contributed by atoms with Crippen LogP contribution in [0.5, 0.6) is 11.5 Å². The maximum atomic E-state index is 14.5. The number of fused-ring (bicyclic) bond motifs is 1.